The van der Waals surface area contributed by atoms with Gasteiger partial charge in [0.05, 0.1) is 22.7 Å². The van der Waals surface area contributed by atoms with Crippen molar-refractivity contribution in [3.05, 3.63) is 69.2 Å². The summed E-state index contributed by atoms with van der Waals surface area (Å²) in [6, 6.07) is 12.4. The zero-order chi connectivity index (χ0) is 23.2. The zero-order valence-corrected chi connectivity index (χ0v) is 20.3. The maximum absolute atomic E-state index is 12.9. The zero-order valence-electron chi connectivity index (χ0n) is 18.7. The average molecular weight is 493 g/mol. The average Bonchev–Trinajstić information content (AvgIpc) is 3.60. The Morgan fingerprint density at radius 3 is 2.79 bits per heavy atom. The molecule has 2 aliphatic heterocycles. The molecule has 2 fully saturated rings. The molecule has 0 radical (unpaired) electrons. The first-order chi connectivity index (χ1) is 16.6. The van der Waals surface area contributed by atoms with E-state index in [4.69, 9.17) is 16.7 Å². The molecule has 1 aromatic heterocycles. The summed E-state index contributed by atoms with van der Waals surface area (Å²) in [6.45, 7) is 3.33. The van der Waals surface area contributed by atoms with E-state index in [9.17, 15) is 9.59 Å². The van der Waals surface area contributed by atoms with Gasteiger partial charge in [-0.1, -0.05) is 23.7 Å². The molecule has 174 valence electrons. The highest BCUT2D eigenvalue weighted by Gasteiger charge is 2.35. The van der Waals surface area contributed by atoms with Crippen LogP contribution in [0.4, 0.5) is 4.79 Å². The van der Waals surface area contributed by atoms with Crippen molar-refractivity contribution < 1.29 is 9.59 Å². The Bertz CT molecular complexity index is 1330. The van der Waals surface area contributed by atoms with Gasteiger partial charge in [0.1, 0.15) is 0 Å². The lowest BCUT2D eigenvalue weighted by atomic mass is 10.1. The van der Waals surface area contributed by atoms with Crippen molar-refractivity contribution in [1.29, 1.82) is 0 Å². The maximum atomic E-state index is 12.9. The van der Waals surface area contributed by atoms with Crippen LogP contribution in [0.3, 0.4) is 0 Å². The fraction of sp³-hybridized carbons (Fsp3) is 0.346. The van der Waals surface area contributed by atoms with Crippen LogP contribution in [0.2, 0.25) is 5.02 Å². The Balaban J connectivity index is 1.22. The summed E-state index contributed by atoms with van der Waals surface area (Å²) in [5.41, 5.74) is 4.53. The minimum absolute atomic E-state index is 0.177. The maximum Gasteiger partial charge on any atom is 0.293 e. The number of aromatic nitrogens is 2. The molecule has 3 heterocycles. The molecule has 2 saturated heterocycles. The lowest BCUT2D eigenvalue weighted by Crippen LogP contribution is -2.36. The molecule has 34 heavy (non-hydrogen) atoms. The van der Waals surface area contributed by atoms with Crippen molar-refractivity contribution in [2.75, 3.05) is 26.2 Å². The first-order valence-corrected chi connectivity index (χ1v) is 13.0. The van der Waals surface area contributed by atoms with Crippen molar-refractivity contribution in [2.24, 2.45) is 0 Å². The normalized spacial score (nSPS) is 22.0. The summed E-state index contributed by atoms with van der Waals surface area (Å²) in [7, 11) is 0. The lowest BCUT2D eigenvalue weighted by molar-refractivity contribution is -0.122. The van der Waals surface area contributed by atoms with E-state index >= 15 is 0 Å². The first kappa shape index (κ1) is 21.9. The molecule has 6 nitrogen and oxygen atoms in total. The third-order valence-electron chi connectivity index (χ3n) is 7.08. The van der Waals surface area contributed by atoms with Crippen LogP contribution < -0.4 is 0 Å². The number of halogens is 1. The Morgan fingerprint density at radius 2 is 1.94 bits per heavy atom. The number of amides is 2. The van der Waals surface area contributed by atoms with E-state index in [1.807, 2.05) is 30.5 Å². The van der Waals surface area contributed by atoms with Gasteiger partial charge in [-0.15, -0.1) is 0 Å². The number of likely N-dealkylation sites (tertiary alicyclic amines) is 1. The van der Waals surface area contributed by atoms with Crippen LogP contribution in [0.25, 0.3) is 17.0 Å². The van der Waals surface area contributed by atoms with Gasteiger partial charge in [-0.3, -0.25) is 19.2 Å². The number of hydrogen-bond donors (Lipinski definition) is 0. The first-order valence-electron chi connectivity index (χ1n) is 11.8. The Labute approximate surface area is 207 Å². The van der Waals surface area contributed by atoms with E-state index in [0.717, 1.165) is 65.7 Å². The van der Waals surface area contributed by atoms with Crippen molar-refractivity contribution in [2.45, 2.75) is 31.7 Å². The van der Waals surface area contributed by atoms with Crippen molar-refractivity contribution in [3.63, 3.8) is 0 Å². The van der Waals surface area contributed by atoms with Crippen molar-refractivity contribution in [1.82, 2.24) is 19.6 Å². The molecule has 3 aromatic rings. The number of imide groups is 1. The van der Waals surface area contributed by atoms with Crippen LogP contribution in [0.15, 0.2) is 47.5 Å². The molecule has 1 atom stereocenters. The minimum atomic E-state index is -0.189. The lowest BCUT2D eigenvalue weighted by Gasteiger charge is -2.18. The summed E-state index contributed by atoms with van der Waals surface area (Å²) in [5, 5.41) is 6.31. The molecule has 0 saturated carbocycles. The molecule has 1 unspecified atom stereocenters. The van der Waals surface area contributed by atoms with Gasteiger partial charge in [0, 0.05) is 23.5 Å². The van der Waals surface area contributed by atoms with E-state index < -0.39 is 0 Å². The van der Waals surface area contributed by atoms with Gasteiger partial charge >= 0.3 is 0 Å². The summed E-state index contributed by atoms with van der Waals surface area (Å²) < 4.78 is 2.09. The van der Waals surface area contributed by atoms with Crippen LogP contribution >= 0.6 is 23.4 Å². The Morgan fingerprint density at radius 1 is 1.09 bits per heavy atom. The Kier molecular flexibility index (Phi) is 5.71. The van der Waals surface area contributed by atoms with Gasteiger partial charge in [0.2, 0.25) is 0 Å². The number of benzene rings is 2. The number of fused-ring (bicyclic) bond motifs is 2. The van der Waals surface area contributed by atoms with Crippen LogP contribution in [0.1, 0.15) is 42.0 Å². The predicted octanol–water partition coefficient (Wildman–Crippen LogP) is 5.36. The number of aryl methyl sites for hydroxylation is 1. The fourth-order valence-corrected chi connectivity index (χ4v) is 6.38. The highest BCUT2D eigenvalue weighted by Crippen LogP contribution is 2.37. The number of thioether (sulfide) groups is 1. The van der Waals surface area contributed by atoms with Crippen molar-refractivity contribution >= 4 is 51.5 Å². The molecule has 2 amide bonds. The predicted molar refractivity (Wildman–Crippen MR) is 136 cm³/mol. The summed E-state index contributed by atoms with van der Waals surface area (Å²) >= 11 is 7.21. The number of carbonyl (C=O) groups is 2. The number of carbonyl (C=O) groups excluding carboxylic acids is 2. The molecule has 0 N–H and O–H groups in total. The number of hydrogen-bond acceptors (Lipinski definition) is 5. The molecule has 2 aromatic carbocycles. The monoisotopic (exact) mass is 492 g/mol. The van der Waals surface area contributed by atoms with Crippen LogP contribution in [0.5, 0.6) is 0 Å². The minimum Gasteiger partial charge on any atom is -0.302 e. The Hall–Kier alpha value is -2.61. The molecule has 0 spiro atoms. The molecule has 6 rings (SSSR count). The van der Waals surface area contributed by atoms with Gasteiger partial charge in [-0.25, -0.2) is 0 Å². The van der Waals surface area contributed by atoms with Crippen molar-refractivity contribution in [3.8, 4) is 0 Å². The van der Waals surface area contributed by atoms with Gasteiger partial charge in [0.15, 0.2) is 0 Å². The summed E-state index contributed by atoms with van der Waals surface area (Å²) in [6.07, 6.45) is 8.09. The second kappa shape index (κ2) is 8.87. The van der Waals surface area contributed by atoms with Gasteiger partial charge in [-0.2, -0.15) is 5.10 Å². The standard InChI is InChI=1S/C26H25ClN4O2S/c27-20-5-6-21-18(15-20)4-8-23(21)31-22-7-3-17(13-19(22)16-28-31)14-24-25(32)30(26(33)34-24)12-11-29-9-1-2-10-29/h3,5-7,13-16,23H,1-2,4,8-12H2. The van der Waals surface area contributed by atoms with Gasteiger partial charge < -0.3 is 4.90 Å². The third kappa shape index (κ3) is 3.96. The van der Waals surface area contributed by atoms with E-state index in [1.165, 1.54) is 28.9 Å². The SMILES string of the molecule is O=C1SC(=Cc2ccc3c(cnn3C3CCc4cc(Cl)ccc43)c2)C(=O)N1CCN1CCCC1. The van der Waals surface area contributed by atoms with E-state index in [2.05, 4.69) is 27.8 Å². The summed E-state index contributed by atoms with van der Waals surface area (Å²) in [5.74, 6) is -0.189. The topological polar surface area (TPSA) is 58.4 Å². The van der Waals surface area contributed by atoms with Crippen LogP contribution in [-0.4, -0.2) is 56.9 Å². The number of nitrogens with zero attached hydrogens (tertiary/aromatic N) is 4. The summed E-state index contributed by atoms with van der Waals surface area (Å²) in [4.78, 5) is 29.5. The molecular weight excluding hydrogens is 468 g/mol. The van der Waals surface area contributed by atoms with Gasteiger partial charge in [0.25, 0.3) is 11.1 Å². The van der Waals surface area contributed by atoms with E-state index in [-0.39, 0.29) is 17.2 Å². The van der Waals surface area contributed by atoms with Crippen LogP contribution in [0, 0.1) is 0 Å². The quantitative estimate of drug-likeness (QED) is 0.449. The molecule has 0 bridgehead atoms. The third-order valence-corrected chi connectivity index (χ3v) is 8.22. The molecular formula is C26H25ClN4O2S. The highest BCUT2D eigenvalue weighted by atomic mass is 35.5. The molecule has 8 heteroatoms. The van der Waals surface area contributed by atoms with E-state index in [1.54, 1.807) is 0 Å². The van der Waals surface area contributed by atoms with Gasteiger partial charge in [-0.05, 0) is 97.6 Å². The number of rotatable bonds is 5. The fourth-order valence-electron chi connectivity index (χ4n) is 5.32. The smallest absolute Gasteiger partial charge is 0.293 e. The van der Waals surface area contributed by atoms with E-state index in [0.29, 0.717) is 11.4 Å². The second-order valence-electron chi connectivity index (χ2n) is 9.19. The molecule has 3 aliphatic rings. The van der Waals surface area contributed by atoms with Crippen LogP contribution in [-0.2, 0) is 11.2 Å². The highest BCUT2D eigenvalue weighted by molar-refractivity contribution is 8.18. The molecule has 1 aliphatic carbocycles. The second-order valence-corrected chi connectivity index (χ2v) is 10.6. The largest absolute Gasteiger partial charge is 0.302 e.